The molecule has 2 aromatic carbocycles. The summed E-state index contributed by atoms with van der Waals surface area (Å²) in [5.41, 5.74) is 1.73. The van der Waals surface area contributed by atoms with Crippen molar-refractivity contribution in [3.8, 4) is 0 Å². The van der Waals surface area contributed by atoms with Crippen LogP contribution in [0.2, 0.25) is 0 Å². The van der Waals surface area contributed by atoms with Gasteiger partial charge in [-0.15, -0.1) is 0 Å². The molecule has 3 rings (SSSR count). The largest absolute Gasteiger partial charge is 0.354 e. The van der Waals surface area contributed by atoms with Gasteiger partial charge >= 0.3 is 0 Å². The van der Waals surface area contributed by atoms with Gasteiger partial charge in [0.15, 0.2) is 5.69 Å². The van der Waals surface area contributed by atoms with E-state index in [-0.39, 0.29) is 17.3 Å². The summed E-state index contributed by atoms with van der Waals surface area (Å²) in [4.78, 5) is 42.7. The van der Waals surface area contributed by atoms with Gasteiger partial charge < -0.3 is 20.9 Å². The topological polar surface area (TPSA) is 116 Å². The van der Waals surface area contributed by atoms with Crippen molar-refractivity contribution < 1.29 is 14.4 Å². The highest BCUT2D eigenvalue weighted by molar-refractivity contribution is 6.10. The fraction of sp³-hybridized carbons (Fsp3) is 0.0526. The van der Waals surface area contributed by atoms with Crippen molar-refractivity contribution in [3.05, 3.63) is 77.9 Å². The summed E-state index contributed by atoms with van der Waals surface area (Å²) in [5, 5.41) is 7.87. The minimum atomic E-state index is -0.518. The molecule has 1 heterocycles. The molecule has 8 nitrogen and oxygen atoms in total. The third-order valence-corrected chi connectivity index (χ3v) is 3.75. The number of hydrogen-bond acceptors (Lipinski definition) is 4. The molecule has 27 heavy (non-hydrogen) atoms. The highest BCUT2D eigenvalue weighted by Gasteiger charge is 2.19. The quantitative estimate of drug-likeness (QED) is 0.556. The molecule has 0 aliphatic rings. The molecular formula is C19H17N5O3. The summed E-state index contributed by atoms with van der Waals surface area (Å²) < 4.78 is 0. The smallest absolute Gasteiger partial charge is 0.276 e. The van der Waals surface area contributed by atoms with Crippen LogP contribution in [0.3, 0.4) is 0 Å². The number of H-pyrrole nitrogens is 1. The van der Waals surface area contributed by atoms with Crippen molar-refractivity contribution in [1.29, 1.82) is 0 Å². The van der Waals surface area contributed by atoms with Crippen LogP contribution in [0, 0.1) is 0 Å². The van der Waals surface area contributed by atoms with Gasteiger partial charge in [0.2, 0.25) is 0 Å². The Labute approximate surface area is 155 Å². The standard InChI is InChI=1S/C19H17N5O3/c1-20-18(26)15-16(22-11-21-15)19(27)24-14-9-7-13(8-10-14)23-17(25)12-5-3-2-4-6-12/h2-11H,1H3,(H,20,26)(H,21,22)(H,23,25)(H,24,27). The summed E-state index contributed by atoms with van der Waals surface area (Å²) >= 11 is 0. The van der Waals surface area contributed by atoms with Crippen molar-refractivity contribution in [2.75, 3.05) is 17.7 Å². The molecule has 0 spiro atoms. The minimum Gasteiger partial charge on any atom is -0.354 e. The van der Waals surface area contributed by atoms with E-state index < -0.39 is 11.8 Å². The highest BCUT2D eigenvalue weighted by atomic mass is 16.2. The van der Waals surface area contributed by atoms with Crippen molar-refractivity contribution in [2.45, 2.75) is 0 Å². The number of carbonyl (C=O) groups excluding carboxylic acids is 3. The summed E-state index contributed by atoms with van der Waals surface area (Å²) in [6.07, 6.45) is 1.28. The van der Waals surface area contributed by atoms with E-state index in [1.165, 1.54) is 13.4 Å². The van der Waals surface area contributed by atoms with E-state index in [4.69, 9.17) is 0 Å². The molecule has 0 atom stereocenters. The zero-order valence-electron chi connectivity index (χ0n) is 14.4. The number of nitrogens with zero attached hydrogens (tertiary/aromatic N) is 1. The molecule has 0 aliphatic heterocycles. The number of imidazole rings is 1. The normalized spacial score (nSPS) is 10.1. The summed E-state index contributed by atoms with van der Waals surface area (Å²) in [5.74, 6) is -1.17. The third-order valence-electron chi connectivity index (χ3n) is 3.75. The van der Waals surface area contributed by atoms with E-state index in [1.54, 1.807) is 48.5 Å². The number of anilines is 2. The lowest BCUT2D eigenvalue weighted by molar-refractivity contribution is 0.0943. The molecule has 136 valence electrons. The summed E-state index contributed by atoms with van der Waals surface area (Å²) in [7, 11) is 1.47. The van der Waals surface area contributed by atoms with Gasteiger partial charge in [0.1, 0.15) is 5.69 Å². The first-order valence-electron chi connectivity index (χ1n) is 8.11. The Morgan fingerprint density at radius 1 is 0.815 bits per heavy atom. The van der Waals surface area contributed by atoms with E-state index in [0.717, 1.165) is 0 Å². The third kappa shape index (κ3) is 4.18. The number of rotatable bonds is 5. The van der Waals surface area contributed by atoms with Crippen molar-refractivity contribution in [1.82, 2.24) is 15.3 Å². The van der Waals surface area contributed by atoms with Crippen LogP contribution >= 0.6 is 0 Å². The number of hydrogen-bond donors (Lipinski definition) is 4. The number of aromatic amines is 1. The van der Waals surface area contributed by atoms with Crippen LogP contribution in [0.5, 0.6) is 0 Å². The summed E-state index contributed by atoms with van der Waals surface area (Å²) in [6.45, 7) is 0. The molecule has 0 saturated carbocycles. The fourth-order valence-corrected chi connectivity index (χ4v) is 2.38. The predicted molar refractivity (Wildman–Crippen MR) is 101 cm³/mol. The molecule has 0 bridgehead atoms. The molecule has 3 amide bonds. The Balaban J connectivity index is 1.66. The van der Waals surface area contributed by atoms with Crippen LogP contribution in [0.4, 0.5) is 11.4 Å². The molecule has 4 N–H and O–H groups in total. The average molecular weight is 363 g/mol. The van der Waals surface area contributed by atoms with Crippen LogP contribution < -0.4 is 16.0 Å². The maximum atomic E-state index is 12.3. The monoisotopic (exact) mass is 363 g/mol. The molecule has 0 unspecified atom stereocenters. The minimum absolute atomic E-state index is 0.00388. The number of amides is 3. The molecule has 0 aliphatic carbocycles. The Morgan fingerprint density at radius 2 is 1.41 bits per heavy atom. The van der Waals surface area contributed by atoms with Crippen LogP contribution in [0.15, 0.2) is 60.9 Å². The van der Waals surface area contributed by atoms with Gasteiger partial charge in [0.05, 0.1) is 6.33 Å². The number of aromatic nitrogens is 2. The average Bonchev–Trinajstić information content (AvgIpc) is 3.19. The van der Waals surface area contributed by atoms with Gasteiger partial charge in [-0.25, -0.2) is 4.98 Å². The Kier molecular flexibility index (Phi) is 5.27. The first-order valence-corrected chi connectivity index (χ1v) is 8.11. The van der Waals surface area contributed by atoms with Gasteiger partial charge in [-0.3, -0.25) is 14.4 Å². The lowest BCUT2D eigenvalue weighted by Gasteiger charge is -2.08. The van der Waals surface area contributed by atoms with Crippen molar-refractivity contribution in [2.24, 2.45) is 0 Å². The molecule has 3 aromatic rings. The molecule has 0 saturated heterocycles. The Morgan fingerprint density at radius 3 is 2.00 bits per heavy atom. The summed E-state index contributed by atoms with van der Waals surface area (Å²) in [6, 6.07) is 15.5. The first-order chi connectivity index (χ1) is 13.1. The van der Waals surface area contributed by atoms with Gasteiger partial charge in [-0.2, -0.15) is 0 Å². The molecular weight excluding hydrogens is 346 g/mol. The molecule has 1 aromatic heterocycles. The van der Waals surface area contributed by atoms with E-state index in [0.29, 0.717) is 16.9 Å². The van der Waals surface area contributed by atoms with Crippen molar-refractivity contribution >= 4 is 29.1 Å². The zero-order valence-corrected chi connectivity index (χ0v) is 14.4. The van der Waals surface area contributed by atoms with Crippen LogP contribution in [-0.2, 0) is 0 Å². The van der Waals surface area contributed by atoms with E-state index in [1.807, 2.05) is 6.07 Å². The predicted octanol–water partition coefficient (Wildman–Crippen LogP) is 2.27. The maximum Gasteiger partial charge on any atom is 0.276 e. The SMILES string of the molecule is CNC(=O)c1[nH]cnc1C(=O)Nc1ccc(NC(=O)c2ccccc2)cc1. The second kappa shape index (κ2) is 7.96. The Bertz CT molecular complexity index is 965. The van der Waals surface area contributed by atoms with Gasteiger partial charge in [-0.1, -0.05) is 18.2 Å². The molecule has 0 fully saturated rings. The maximum absolute atomic E-state index is 12.3. The molecule has 0 radical (unpaired) electrons. The number of benzene rings is 2. The Hall–Kier alpha value is -3.94. The lowest BCUT2D eigenvalue weighted by atomic mass is 10.2. The van der Waals surface area contributed by atoms with Gasteiger partial charge in [0, 0.05) is 24.0 Å². The zero-order chi connectivity index (χ0) is 19.2. The van der Waals surface area contributed by atoms with Crippen LogP contribution in [-0.4, -0.2) is 34.7 Å². The second-order valence-electron chi connectivity index (χ2n) is 5.56. The van der Waals surface area contributed by atoms with Gasteiger partial charge in [-0.05, 0) is 36.4 Å². The van der Waals surface area contributed by atoms with Crippen LogP contribution in [0.1, 0.15) is 31.3 Å². The second-order valence-corrected chi connectivity index (χ2v) is 5.56. The van der Waals surface area contributed by atoms with E-state index in [9.17, 15) is 14.4 Å². The van der Waals surface area contributed by atoms with Crippen molar-refractivity contribution in [3.63, 3.8) is 0 Å². The molecule has 8 heteroatoms. The number of nitrogens with one attached hydrogen (secondary N) is 4. The lowest BCUT2D eigenvalue weighted by Crippen LogP contribution is -2.23. The fourth-order valence-electron chi connectivity index (χ4n) is 2.38. The highest BCUT2D eigenvalue weighted by Crippen LogP contribution is 2.16. The van der Waals surface area contributed by atoms with E-state index in [2.05, 4.69) is 25.9 Å². The first kappa shape index (κ1) is 17.9. The van der Waals surface area contributed by atoms with E-state index >= 15 is 0 Å². The van der Waals surface area contributed by atoms with Crippen LogP contribution in [0.25, 0.3) is 0 Å². The number of carbonyl (C=O) groups is 3. The van der Waals surface area contributed by atoms with Gasteiger partial charge in [0.25, 0.3) is 17.7 Å².